The summed E-state index contributed by atoms with van der Waals surface area (Å²) in [6.45, 7) is 10.1. The number of rotatable bonds is 6. The summed E-state index contributed by atoms with van der Waals surface area (Å²) in [5.41, 5.74) is -0.444. The molecule has 4 nitrogen and oxygen atoms in total. The minimum atomic E-state index is -0.444. The Kier molecular flexibility index (Phi) is 6.06. The number of likely N-dealkylation sites (tertiary alicyclic amines) is 1. The minimum absolute atomic E-state index is 0.0320. The molecule has 0 amide bonds. The van der Waals surface area contributed by atoms with Crippen LogP contribution >= 0.6 is 0 Å². The lowest BCUT2D eigenvalue weighted by molar-refractivity contribution is -0.153. The monoisotopic (exact) mass is 296 g/mol. The van der Waals surface area contributed by atoms with Crippen LogP contribution in [0.15, 0.2) is 0 Å². The van der Waals surface area contributed by atoms with Crippen LogP contribution in [-0.4, -0.2) is 48.7 Å². The van der Waals surface area contributed by atoms with Crippen LogP contribution in [0.25, 0.3) is 0 Å². The zero-order chi connectivity index (χ0) is 15.3. The largest absolute Gasteiger partial charge is 0.465 e. The van der Waals surface area contributed by atoms with Crippen LogP contribution in [0.5, 0.6) is 0 Å². The summed E-state index contributed by atoms with van der Waals surface area (Å²) in [6, 6.07) is 0.539. The second kappa shape index (κ2) is 7.59. The van der Waals surface area contributed by atoms with Gasteiger partial charge in [0.15, 0.2) is 0 Å². The molecular weight excluding hydrogens is 264 g/mol. The summed E-state index contributed by atoms with van der Waals surface area (Å²) < 4.78 is 5.39. The van der Waals surface area contributed by atoms with Crippen LogP contribution in [0.4, 0.5) is 0 Å². The van der Waals surface area contributed by atoms with Gasteiger partial charge in [-0.15, -0.1) is 0 Å². The number of hydrogen-bond donors (Lipinski definition) is 1. The van der Waals surface area contributed by atoms with E-state index in [2.05, 4.69) is 24.1 Å². The fourth-order valence-electron chi connectivity index (χ4n) is 3.91. The maximum absolute atomic E-state index is 12.5. The highest BCUT2D eigenvalue weighted by Gasteiger charge is 2.45. The highest BCUT2D eigenvalue weighted by molar-refractivity contribution is 5.81. The van der Waals surface area contributed by atoms with Crippen molar-refractivity contribution < 1.29 is 9.53 Å². The highest BCUT2D eigenvalue weighted by atomic mass is 16.5. The Morgan fingerprint density at radius 1 is 1.38 bits per heavy atom. The highest BCUT2D eigenvalue weighted by Crippen LogP contribution is 2.34. The zero-order valence-corrected chi connectivity index (χ0v) is 14.0. The molecule has 3 unspecified atom stereocenters. The molecule has 3 atom stereocenters. The van der Waals surface area contributed by atoms with E-state index in [1.807, 2.05) is 6.92 Å². The third-order valence-corrected chi connectivity index (χ3v) is 5.08. The average Bonchev–Trinajstić information content (AvgIpc) is 2.92. The van der Waals surface area contributed by atoms with Crippen LogP contribution in [0.2, 0.25) is 0 Å². The molecule has 21 heavy (non-hydrogen) atoms. The van der Waals surface area contributed by atoms with Gasteiger partial charge >= 0.3 is 5.97 Å². The van der Waals surface area contributed by atoms with Crippen LogP contribution < -0.4 is 5.32 Å². The standard InChI is InChI=1S/C17H32N2O2/c1-4-10-18-17(16(20)21-5-2)9-6-7-15(12-17)19-11-8-14(3)13-19/h14-15,18H,4-13H2,1-3H3. The summed E-state index contributed by atoms with van der Waals surface area (Å²) in [4.78, 5) is 15.2. The Hall–Kier alpha value is -0.610. The number of carbonyl (C=O) groups excluding carboxylic acids is 1. The Morgan fingerprint density at radius 2 is 2.19 bits per heavy atom. The molecule has 2 fully saturated rings. The number of nitrogens with one attached hydrogen (secondary N) is 1. The number of esters is 1. The van der Waals surface area contributed by atoms with Crippen LogP contribution in [0.3, 0.4) is 0 Å². The summed E-state index contributed by atoms with van der Waals surface area (Å²) in [5.74, 6) is 0.767. The zero-order valence-electron chi connectivity index (χ0n) is 14.0. The van der Waals surface area contributed by atoms with E-state index in [1.54, 1.807) is 0 Å². The van der Waals surface area contributed by atoms with E-state index in [9.17, 15) is 4.79 Å². The molecule has 1 N–H and O–H groups in total. The van der Waals surface area contributed by atoms with Gasteiger partial charge in [0.2, 0.25) is 0 Å². The van der Waals surface area contributed by atoms with Crippen LogP contribution in [-0.2, 0) is 9.53 Å². The van der Waals surface area contributed by atoms with Crippen molar-refractivity contribution in [1.29, 1.82) is 0 Å². The number of ether oxygens (including phenoxy) is 1. The number of nitrogens with zero attached hydrogens (tertiary/aromatic N) is 1. The molecule has 2 rings (SSSR count). The second-order valence-corrected chi connectivity index (χ2v) is 6.87. The average molecular weight is 296 g/mol. The first-order valence-electron chi connectivity index (χ1n) is 8.77. The predicted molar refractivity (Wildman–Crippen MR) is 85.3 cm³/mol. The fourth-order valence-corrected chi connectivity index (χ4v) is 3.91. The minimum Gasteiger partial charge on any atom is -0.465 e. The topological polar surface area (TPSA) is 41.6 Å². The van der Waals surface area contributed by atoms with Gasteiger partial charge in [0.05, 0.1) is 6.61 Å². The first-order valence-corrected chi connectivity index (χ1v) is 8.77. The van der Waals surface area contributed by atoms with Gasteiger partial charge in [-0.25, -0.2) is 0 Å². The Labute approximate surface area is 129 Å². The Bertz CT molecular complexity index is 348. The lowest BCUT2D eigenvalue weighted by atomic mass is 9.78. The first kappa shape index (κ1) is 16.8. The molecule has 1 aliphatic carbocycles. The summed E-state index contributed by atoms with van der Waals surface area (Å²) in [7, 11) is 0. The second-order valence-electron chi connectivity index (χ2n) is 6.87. The Morgan fingerprint density at radius 3 is 2.81 bits per heavy atom. The summed E-state index contributed by atoms with van der Waals surface area (Å²) >= 11 is 0. The molecule has 0 bridgehead atoms. The normalized spacial score (nSPS) is 34.0. The van der Waals surface area contributed by atoms with E-state index in [0.29, 0.717) is 12.6 Å². The van der Waals surface area contributed by atoms with E-state index in [-0.39, 0.29) is 5.97 Å². The number of carbonyl (C=O) groups is 1. The SMILES string of the molecule is CCCNC1(C(=O)OCC)CCCC(N2CCC(C)C2)C1. The van der Waals surface area contributed by atoms with E-state index in [0.717, 1.165) is 38.1 Å². The molecular formula is C17H32N2O2. The first-order chi connectivity index (χ1) is 10.1. The lowest BCUT2D eigenvalue weighted by Crippen LogP contribution is -2.59. The van der Waals surface area contributed by atoms with Gasteiger partial charge in [-0.1, -0.05) is 13.8 Å². The van der Waals surface area contributed by atoms with E-state index >= 15 is 0 Å². The molecule has 0 aromatic rings. The van der Waals surface area contributed by atoms with Gasteiger partial charge < -0.3 is 15.0 Å². The Balaban J connectivity index is 2.06. The van der Waals surface area contributed by atoms with Crippen molar-refractivity contribution in [3.8, 4) is 0 Å². The molecule has 1 aliphatic heterocycles. The molecule has 122 valence electrons. The third kappa shape index (κ3) is 3.98. The van der Waals surface area contributed by atoms with Crippen molar-refractivity contribution in [2.75, 3.05) is 26.2 Å². The molecule has 1 saturated heterocycles. The molecule has 2 aliphatic rings. The van der Waals surface area contributed by atoms with Gasteiger partial charge in [-0.3, -0.25) is 4.79 Å². The van der Waals surface area contributed by atoms with Crippen LogP contribution in [0, 0.1) is 5.92 Å². The molecule has 0 aromatic carbocycles. The molecule has 1 saturated carbocycles. The molecule has 4 heteroatoms. The molecule has 1 heterocycles. The van der Waals surface area contributed by atoms with Gasteiger partial charge in [0.1, 0.15) is 5.54 Å². The van der Waals surface area contributed by atoms with Gasteiger partial charge in [-0.2, -0.15) is 0 Å². The van der Waals surface area contributed by atoms with Crippen LogP contribution in [0.1, 0.15) is 59.3 Å². The summed E-state index contributed by atoms with van der Waals surface area (Å²) in [6.07, 6.45) is 6.52. The van der Waals surface area contributed by atoms with Gasteiger partial charge in [0.25, 0.3) is 0 Å². The van der Waals surface area contributed by atoms with E-state index < -0.39 is 5.54 Å². The van der Waals surface area contributed by atoms with Crippen molar-refractivity contribution in [2.24, 2.45) is 5.92 Å². The van der Waals surface area contributed by atoms with Crippen molar-refractivity contribution in [1.82, 2.24) is 10.2 Å². The smallest absolute Gasteiger partial charge is 0.326 e. The quantitative estimate of drug-likeness (QED) is 0.765. The van der Waals surface area contributed by atoms with Gasteiger partial charge in [-0.05, 0) is 64.5 Å². The van der Waals surface area contributed by atoms with E-state index in [4.69, 9.17) is 4.74 Å². The number of hydrogen-bond acceptors (Lipinski definition) is 4. The molecule has 0 spiro atoms. The predicted octanol–water partition coefficient (Wildman–Crippen LogP) is 2.57. The lowest BCUT2D eigenvalue weighted by Gasteiger charge is -2.42. The molecule has 0 aromatic heterocycles. The van der Waals surface area contributed by atoms with Crippen molar-refractivity contribution in [2.45, 2.75) is 70.9 Å². The third-order valence-electron chi connectivity index (χ3n) is 5.08. The molecule has 0 radical (unpaired) electrons. The summed E-state index contributed by atoms with van der Waals surface area (Å²) in [5, 5.41) is 3.53. The van der Waals surface area contributed by atoms with Gasteiger partial charge in [0, 0.05) is 12.6 Å². The maximum Gasteiger partial charge on any atom is 0.326 e. The van der Waals surface area contributed by atoms with E-state index in [1.165, 1.54) is 25.9 Å². The maximum atomic E-state index is 12.5. The fraction of sp³-hybridized carbons (Fsp3) is 0.941. The van der Waals surface area contributed by atoms with Crippen molar-refractivity contribution in [3.63, 3.8) is 0 Å². The van der Waals surface area contributed by atoms with Crippen molar-refractivity contribution >= 4 is 5.97 Å². The van der Waals surface area contributed by atoms with Crippen molar-refractivity contribution in [3.05, 3.63) is 0 Å².